The van der Waals surface area contributed by atoms with Gasteiger partial charge in [-0.1, -0.05) is 29.8 Å². The average Bonchev–Trinajstić information content (AvgIpc) is 2.84. The molecular formula is C15H15ClN2O2. The number of nitrogens with zero attached hydrogens (tertiary/aromatic N) is 2. The zero-order chi connectivity index (χ0) is 14.5. The second-order valence-corrected chi connectivity index (χ2v) is 4.57. The summed E-state index contributed by atoms with van der Waals surface area (Å²) in [6.45, 7) is 2.08. The Labute approximate surface area is 122 Å². The molecule has 0 saturated carbocycles. The van der Waals surface area contributed by atoms with Crippen molar-refractivity contribution in [1.82, 2.24) is 9.55 Å². The highest BCUT2D eigenvalue weighted by molar-refractivity contribution is 6.33. The van der Waals surface area contributed by atoms with Crippen molar-refractivity contribution in [1.29, 1.82) is 0 Å². The second kappa shape index (κ2) is 6.39. The van der Waals surface area contributed by atoms with E-state index < -0.39 is 5.97 Å². The highest BCUT2D eigenvalue weighted by Gasteiger charge is 2.17. The van der Waals surface area contributed by atoms with Crippen LogP contribution in [0.4, 0.5) is 0 Å². The first-order chi connectivity index (χ1) is 9.63. The SMILES string of the molecule is CCOC(=O)/C(=C\c1ccccc1Cl)c1nccn1C. The molecule has 0 aliphatic carbocycles. The molecule has 1 aromatic carbocycles. The molecule has 1 aromatic heterocycles. The lowest BCUT2D eigenvalue weighted by Crippen LogP contribution is -2.10. The topological polar surface area (TPSA) is 44.1 Å². The molecule has 0 fully saturated rings. The standard InChI is InChI=1S/C15H15ClN2O2/c1-3-20-15(19)12(14-17-8-9-18(14)2)10-11-6-4-5-7-13(11)16/h4-10H,3H2,1-2H3/b12-10-. The normalized spacial score (nSPS) is 11.4. The summed E-state index contributed by atoms with van der Waals surface area (Å²) in [4.78, 5) is 16.3. The minimum Gasteiger partial charge on any atom is -0.462 e. The van der Waals surface area contributed by atoms with E-state index in [1.165, 1.54) is 0 Å². The van der Waals surface area contributed by atoms with Crippen LogP contribution in [0.2, 0.25) is 5.02 Å². The van der Waals surface area contributed by atoms with Crippen molar-refractivity contribution in [3.05, 3.63) is 53.1 Å². The van der Waals surface area contributed by atoms with Crippen molar-refractivity contribution in [3.8, 4) is 0 Å². The molecular weight excluding hydrogens is 276 g/mol. The lowest BCUT2D eigenvalue weighted by atomic mass is 10.1. The monoisotopic (exact) mass is 290 g/mol. The van der Waals surface area contributed by atoms with E-state index in [2.05, 4.69) is 4.98 Å². The van der Waals surface area contributed by atoms with Crippen LogP contribution in [0.1, 0.15) is 18.3 Å². The van der Waals surface area contributed by atoms with Crippen molar-refractivity contribution >= 4 is 29.2 Å². The van der Waals surface area contributed by atoms with Crippen LogP contribution in [-0.4, -0.2) is 22.1 Å². The van der Waals surface area contributed by atoms with Crippen LogP contribution in [0.25, 0.3) is 11.6 Å². The van der Waals surface area contributed by atoms with Crippen LogP contribution < -0.4 is 0 Å². The fraction of sp³-hybridized carbons (Fsp3) is 0.200. The number of esters is 1. The van der Waals surface area contributed by atoms with E-state index in [-0.39, 0.29) is 0 Å². The van der Waals surface area contributed by atoms with Gasteiger partial charge in [-0.25, -0.2) is 9.78 Å². The van der Waals surface area contributed by atoms with Crippen molar-refractivity contribution in [2.45, 2.75) is 6.92 Å². The zero-order valence-electron chi connectivity index (χ0n) is 11.3. The zero-order valence-corrected chi connectivity index (χ0v) is 12.1. The van der Waals surface area contributed by atoms with Crippen molar-refractivity contribution in [3.63, 3.8) is 0 Å². The summed E-state index contributed by atoms with van der Waals surface area (Å²) in [5, 5.41) is 0.573. The van der Waals surface area contributed by atoms with E-state index >= 15 is 0 Å². The molecule has 0 unspecified atom stereocenters. The molecule has 0 N–H and O–H groups in total. The predicted octanol–water partition coefficient (Wildman–Crippen LogP) is 3.18. The van der Waals surface area contributed by atoms with Gasteiger partial charge in [-0.05, 0) is 24.6 Å². The van der Waals surface area contributed by atoms with Gasteiger partial charge < -0.3 is 9.30 Å². The Morgan fingerprint density at radius 3 is 2.80 bits per heavy atom. The molecule has 20 heavy (non-hydrogen) atoms. The van der Waals surface area contributed by atoms with Gasteiger partial charge >= 0.3 is 5.97 Å². The van der Waals surface area contributed by atoms with Crippen LogP contribution in [0.5, 0.6) is 0 Å². The third-order valence-corrected chi connectivity index (χ3v) is 3.11. The number of carbonyl (C=O) groups is 1. The number of aryl methyl sites for hydroxylation is 1. The molecule has 0 amide bonds. The summed E-state index contributed by atoms with van der Waals surface area (Å²) in [7, 11) is 1.82. The summed E-state index contributed by atoms with van der Waals surface area (Å²) in [5.41, 5.74) is 1.13. The van der Waals surface area contributed by atoms with Crippen LogP contribution >= 0.6 is 11.6 Å². The number of ether oxygens (including phenoxy) is 1. The van der Waals surface area contributed by atoms with E-state index in [1.807, 2.05) is 25.2 Å². The Morgan fingerprint density at radius 2 is 2.20 bits per heavy atom. The number of carbonyl (C=O) groups excluding carboxylic acids is 1. The van der Waals surface area contributed by atoms with E-state index in [0.29, 0.717) is 23.0 Å². The van der Waals surface area contributed by atoms with Crippen molar-refractivity contribution in [2.75, 3.05) is 6.61 Å². The number of benzene rings is 1. The molecule has 2 aromatic rings. The first-order valence-corrected chi connectivity index (χ1v) is 6.62. The minimum atomic E-state index is -0.415. The average molecular weight is 291 g/mol. The van der Waals surface area contributed by atoms with Crippen molar-refractivity contribution < 1.29 is 9.53 Å². The number of rotatable bonds is 4. The Hall–Kier alpha value is -2.07. The van der Waals surface area contributed by atoms with Gasteiger partial charge in [0.2, 0.25) is 0 Å². The maximum absolute atomic E-state index is 12.1. The number of hydrogen-bond donors (Lipinski definition) is 0. The molecule has 0 aliphatic heterocycles. The third kappa shape index (κ3) is 3.08. The summed E-state index contributed by atoms with van der Waals surface area (Å²) >= 11 is 6.13. The molecule has 104 valence electrons. The molecule has 0 aliphatic rings. The van der Waals surface area contributed by atoms with Crippen LogP contribution in [-0.2, 0) is 16.6 Å². The first-order valence-electron chi connectivity index (χ1n) is 6.24. The molecule has 2 rings (SSSR count). The largest absolute Gasteiger partial charge is 0.462 e. The third-order valence-electron chi connectivity index (χ3n) is 2.76. The highest BCUT2D eigenvalue weighted by atomic mass is 35.5. The van der Waals surface area contributed by atoms with Gasteiger partial charge in [-0.15, -0.1) is 0 Å². The van der Waals surface area contributed by atoms with E-state index in [0.717, 1.165) is 5.56 Å². The Morgan fingerprint density at radius 1 is 1.45 bits per heavy atom. The lowest BCUT2D eigenvalue weighted by Gasteiger charge is -2.08. The Balaban J connectivity index is 2.50. The first kappa shape index (κ1) is 14.3. The maximum Gasteiger partial charge on any atom is 0.341 e. The maximum atomic E-state index is 12.1. The fourth-order valence-corrected chi connectivity index (χ4v) is 1.99. The van der Waals surface area contributed by atoms with Gasteiger partial charge in [-0.2, -0.15) is 0 Å². The van der Waals surface area contributed by atoms with Gasteiger partial charge in [0.05, 0.1) is 6.61 Å². The smallest absolute Gasteiger partial charge is 0.341 e. The fourth-order valence-electron chi connectivity index (χ4n) is 1.80. The van der Waals surface area contributed by atoms with Crippen LogP contribution in [0, 0.1) is 0 Å². The summed E-state index contributed by atoms with van der Waals surface area (Å²) in [6.07, 6.45) is 5.10. The van der Waals surface area contributed by atoms with E-state index in [4.69, 9.17) is 16.3 Å². The number of aromatic nitrogens is 2. The highest BCUT2D eigenvalue weighted by Crippen LogP contribution is 2.23. The summed E-state index contributed by atoms with van der Waals surface area (Å²) in [6, 6.07) is 7.31. The molecule has 0 spiro atoms. The van der Waals surface area contributed by atoms with Gasteiger partial charge in [0.25, 0.3) is 0 Å². The second-order valence-electron chi connectivity index (χ2n) is 4.16. The predicted molar refractivity (Wildman–Crippen MR) is 79.2 cm³/mol. The van der Waals surface area contributed by atoms with Gasteiger partial charge in [-0.3, -0.25) is 0 Å². The van der Waals surface area contributed by atoms with Crippen LogP contribution in [0.15, 0.2) is 36.7 Å². The van der Waals surface area contributed by atoms with Gasteiger partial charge in [0.15, 0.2) is 0 Å². The summed E-state index contributed by atoms with van der Waals surface area (Å²) in [5.74, 6) is 0.130. The molecule has 0 bridgehead atoms. The molecule has 0 atom stereocenters. The molecule has 1 heterocycles. The number of halogens is 1. The molecule has 5 heteroatoms. The van der Waals surface area contributed by atoms with E-state index in [1.54, 1.807) is 36.0 Å². The molecule has 0 saturated heterocycles. The number of imidazole rings is 1. The molecule has 4 nitrogen and oxygen atoms in total. The Kier molecular flexibility index (Phi) is 4.58. The summed E-state index contributed by atoms with van der Waals surface area (Å²) < 4.78 is 6.85. The van der Waals surface area contributed by atoms with Crippen molar-refractivity contribution in [2.24, 2.45) is 7.05 Å². The Bertz CT molecular complexity index is 647. The van der Waals surface area contributed by atoms with Crippen LogP contribution in [0.3, 0.4) is 0 Å². The van der Waals surface area contributed by atoms with Gasteiger partial charge in [0.1, 0.15) is 11.4 Å². The molecule has 0 radical (unpaired) electrons. The number of hydrogen-bond acceptors (Lipinski definition) is 3. The minimum absolute atomic E-state index is 0.309. The quantitative estimate of drug-likeness (QED) is 0.642. The van der Waals surface area contributed by atoms with E-state index in [9.17, 15) is 4.79 Å². The lowest BCUT2D eigenvalue weighted by molar-refractivity contribution is -0.136. The van der Waals surface area contributed by atoms with Gasteiger partial charge in [0, 0.05) is 24.5 Å².